The Bertz CT molecular complexity index is 1850. The molecule has 4 aromatic heterocycles. The summed E-state index contributed by atoms with van der Waals surface area (Å²) in [7, 11) is 0. The lowest BCUT2D eigenvalue weighted by atomic mass is 9.92. The van der Waals surface area contributed by atoms with Gasteiger partial charge in [0.2, 0.25) is 0 Å². The van der Waals surface area contributed by atoms with Crippen molar-refractivity contribution in [2.24, 2.45) is 0 Å². The fourth-order valence-corrected chi connectivity index (χ4v) is 4.80. The van der Waals surface area contributed by atoms with E-state index in [0.29, 0.717) is 17.9 Å². The number of anilines is 2. The van der Waals surface area contributed by atoms with Crippen molar-refractivity contribution in [2.75, 3.05) is 10.6 Å². The summed E-state index contributed by atoms with van der Waals surface area (Å²) in [6.07, 6.45) is 7.83. The van der Waals surface area contributed by atoms with Crippen molar-refractivity contribution in [3.05, 3.63) is 114 Å². The van der Waals surface area contributed by atoms with Gasteiger partial charge in [0.05, 0.1) is 23.3 Å². The van der Waals surface area contributed by atoms with Gasteiger partial charge in [-0.05, 0) is 42.1 Å². The van der Waals surface area contributed by atoms with Crippen LogP contribution >= 0.6 is 0 Å². The lowest BCUT2D eigenvalue weighted by Crippen LogP contribution is -2.21. The topological polar surface area (TPSA) is 113 Å². The average Bonchev–Trinajstić information content (AvgIpc) is 3.65. The molecular weight excluding hydrogens is 524 g/mol. The summed E-state index contributed by atoms with van der Waals surface area (Å²) >= 11 is 0. The third-order valence-electron chi connectivity index (χ3n) is 7.07. The molecule has 0 bridgehead atoms. The summed E-state index contributed by atoms with van der Waals surface area (Å²) in [5.41, 5.74) is 6.00. The number of hydrogen-bond acceptors (Lipinski definition) is 5. The fraction of sp³-hybridized carbons (Fsp3) is 0.182. The molecular formula is C33H32N8O. The number of imidazole rings is 1. The van der Waals surface area contributed by atoms with Gasteiger partial charge in [-0.15, -0.1) is 0 Å². The first-order chi connectivity index (χ1) is 20.2. The maximum Gasteiger partial charge on any atom is 0.324 e. The number of amides is 2. The van der Waals surface area contributed by atoms with Crippen molar-refractivity contribution in [3.63, 3.8) is 0 Å². The van der Waals surface area contributed by atoms with Crippen LogP contribution in [0.25, 0.3) is 27.6 Å². The van der Waals surface area contributed by atoms with Crippen LogP contribution in [0.15, 0.2) is 91.5 Å². The second-order valence-corrected chi connectivity index (χ2v) is 11.3. The van der Waals surface area contributed by atoms with Crippen LogP contribution in [-0.4, -0.2) is 35.7 Å². The van der Waals surface area contributed by atoms with Crippen molar-refractivity contribution >= 4 is 28.3 Å². The second-order valence-electron chi connectivity index (χ2n) is 11.3. The van der Waals surface area contributed by atoms with Gasteiger partial charge in [0.15, 0.2) is 0 Å². The van der Waals surface area contributed by atoms with Gasteiger partial charge in [0.1, 0.15) is 11.6 Å². The van der Waals surface area contributed by atoms with Gasteiger partial charge >= 0.3 is 6.03 Å². The van der Waals surface area contributed by atoms with Crippen LogP contribution in [-0.2, 0) is 11.8 Å². The van der Waals surface area contributed by atoms with E-state index in [-0.39, 0.29) is 11.4 Å². The number of aromatic amines is 1. The van der Waals surface area contributed by atoms with Crippen molar-refractivity contribution < 1.29 is 4.79 Å². The zero-order valence-corrected chi connectivity index (χ0v) is 24.0. The minimum atomic E-state index is -0.362. The largest absolute Gasteiger partial charge is 0.348 e. The van der Waals surface area contributed by atoms with E-state index < -0.39 is 0 Å². The normalized spacial score (nSPS) is 11.5. The monoisotopic (exact) mass is 556 g/mol. The fourth-order valence-electron chi connectivity index (χ4n) is 4.80. The molecule has 0 saturated heterocycles. The first-order valence-electron chi connectivity index (χ1n) is 13.8. The molecule has 9 nitrogen and oxygen atoms in total. The minimum Gasteiger partial charge on any atom is -0.348 e. The number of benzene rings is 2. The van der Waals surface area contributed by atoms with Gasteiger partial charge in [-0.25, -0.2) is 14.5 Å². The van der Waals surface area contributed by atoms with Gasteiger partial charge in [-0.1, -0.05) is 57.2 Å². The highest BCUT2D eigenvalue weighted by Gasteiger charge is 2.22. The summed E-state index contributed by atoms with van der Waals surface area (Å²) in [6.45, 7) is 8.20. The van der Waals surface area contributed by atoms with E-state index in [2.05, 4.69) is 63.5 Å². The van der Waals surface area contributed by atoms with E-state index in [4.69, 9.17) is 5.10 Å². The lowest BCUT2D eigenvalue weighted by molar-refractivity contribution is 0.262. The maximum absolute atomic E-state index is 13.3. The van der Waals surface area contributed by atoms with E-state index in [1.165, 1.54) is 0 Å². The van der Waals surface area contributed by atoms with E-state index >= 15 is 0 Å². The highest BCUT2D eigenvalue weighted by Crippen LogP contribution is 2.33. The highest BCUT2D eigenvalue weighted by molar-refractivity contribution is 6.09. The Labute approximate surface area is 244 Å². The number of nitrogens with one attached hydrogen (secondary N) is 3. The first kappa shape index (κ1) is 26.9. The minimum absolute atomic E-state index is 0.200. The third kappa shape index (κ3) is 5.62. The molecule has 0 unspecified atom stereocenters. The van der Waals surface area contributed by atoms with Gasteiger partial charge in [0, 0.05) is 58.8 Å². The second kappa shape index (κ2) is 10.9. The van der Waals surface area contributed by atoms with E-state index in [1.54, 1.807) is 17.1 Å². The predicted molar refractivity (Wildman–Crippen MR) is 166 cm³/mol. The summed E-state index contributed by atoms with van der Waals surface area (Å²) in [5.74, 6) is 1.44. The number of carbonyl (C=O) groups excluding carboxylic acids is 1. The Kier molecular flexibility index (Phi) is 7.00. The number of aryl methyl sites for hydroxylation is 1. The Hall–Kier alpha value is -5.31. The molecule has 42 heavy (non-hydrogen) atoms. The Balaban J connectivity index is 1.26. The highest BCUT2D eigenvalue weighted by atomic mass is 16.2. The number of pyridine rings is 2. The predicted octanol–water partition coefficient (Wildman–Crippen LogP) is 7.05. The van der Waals surface area contributed by atoms with E-state index in [9.17, 15) is 4.79 Å². The standard InChI is InChI=1S/C33H32N8O/c1-21-9-12-24(20-36-21)41-31(18-29(40-41)33(2,3)4)39-32(42)38-28-14-13-25(26-7-5-6-8-27(26)28)22-10-11-23(37-19-22)17-30-34-15-16-35-30/h5-16,18-20H,17H2,1-4H3,(H,34,35)(H2,38,39,42). The molecule has 0 atom stereocenters. The van der Waals surface area contributed by atoms with Crippen molar-refractivity contribution in [3.8, 4) is 16.8 Å². The molecule has 2 amide bonds. The molecule has 6 aromatic rings. The van der Waals surface area contributed by atoms with Crippen molar-refractivity contribution in [1.29, 1.82) is 0 Å². The van der Waals surface area contributed by atoms with Crippen LogP contribution in [0.1, 0.15) is 43.7 Å². The van der Waals surface area contributed by atoms with Crippen LogP contribution < -0.4 is 10.6 Å². The molecule has 6 rings (SSSR count). The number of nitrogens with zero attached hydrogens (tertiary/aromatic N) is 5. The Morgan fingerprint density at radius 2 is 1.74 bits per heavy atom. The van der Waals surface area contributed by atoms with Gasteiger partial charge < -0.3 is 10.3 Å². The number of H-pyrrole nitrogens is 1. The molecule has 0 spiro atoms. The summed E-state index contributed by atoms with van der Waals surface area (Å²) < 4.78 is 1.72. The quantitative estimate of drug-likeness (QED) is 0.203. The van der Waals surface area contributed by atoms with Crippen LogP contribution in [0, 0.1) is 6.92 Å². The van der Waals surface area contributed by atoms with Gasteiger partial charge in [0.25, 0.3) is 0 Å². The molecule has 9 heteroatoms. The van der Waals surface area contributed by atoms with Crippen molar-refractivity contribution in [1.82, 2.24) is 29.7 Å². The number of rotatable bonds is 6. The van der Waals surface area contributed by atoms with Crippen LogP contribution in [0.3, 0.4) is 0 Å². The number of urea groups is 1. The zero-order valence-electron chi connectivity index (χ0n) is 24.0. The molecule has 0 fully saturated rings. The molecule has 0 radical (unpaired) electrons. The first-order valence-corrected chi connectivity index (χ1v) is 13.8. The molecule has 0 aliphatic rings. The Morgan fingerprint density at radius 1 is 0.905 bits per heavy atom. The van der Waals surface area contributed by atoms with Crippen LogP contribution in [0.5, 0.6) is 0 Å². The molecule has 4 heterocycles. The number of carbonyl (C=O) groups is 1. The van der Waals surface area contributed by atoms with E-state index in [0.717, 1.165) is 50.5 Å². The van der Waals surface area contributed by atoms with Crippen molar-refractivity contribution in [2.45, 2.75) is 39.5 Å². The molecule has 2 aromatic carbocycles. The summed E-state index contributed by atoms with van der Waals surface area (Å²) in [6, 6.07) is 21.5. The van der Waals surface area contributed by atoms with Gasteiger partial charge in [-0.2, -0.15) is 5.10 Å². The molecule has 3 N–H and O–H groups in total. The molecule has 0 saturated carbocycles. The van der Waals surface area contributed by atoms with E-state index in [1.807, 2.05) is 73.9 Å². The lowest BCUT2D eigenvalue weighted by Gasteiger charge is -2.14. The number of aromatic nitrogens is 6. The number of hydrogen-bond donors (Lipinski definition) is 3. The van der Waals surface area contributed by atoms with Crippen LogP contribution in [0.2, 0.25) is 0 Å². The molecule has 210 valence electrons. The summed E-state index contributed by atoms with van der Waals surface area (Å²) in [5, 5.41) is 12.8. The SMILES string of the molecule is Cc1ccc(-n2nc(C(C)(C)C)cc2NC(=O)Nc2ccc(-c3ccc(Cc4ncc[nH]4)nc3)c3ccccc23)cn1. The van der Waals surface area contributed by atoms with Gasteiger partial charge in [-0.3, -0.25) is 15.3 Å². The summed E-state index contributed by atoms with van der Waals surface area (Å²) in [4.78, 5) is 29.8. The number of fused-ring (bicyclic) bond motifs is 1. The average molecular weight is 557 g/mol. The molecule has 0 aliphatic heterocycles. The Morgan fingerprint density at radius 3 is 2.43 bits per heavy atom. The maximum atomic E-state index is 13.3. The zero-order chi connectivity index (χ0) is 29.3. The van der Waals surface area contributed by atoms with Crippen LogP contribution in [0.4, 0.5) is 16.3 Å². The smallest absolute Gasteiger partial charge is 0.324 e. The third-order valence-corrected chi connectivity index (χ3v) is 7.07. The molecule has 0 aliphatic carbocycles.